The van der Waals surface area contributed by atoms with Gasteiger partial charge in [0, 0.05) is 6.54 Å². The monoisotopic (exact) mass is 561 g/mol. The van der Waals surface area contributed by atoms with Gasteiger partial charge in [-0.2, -0.15) is 0 Å². The summed E-state index contributed by atoms with van der Waals surface area (Å²) in [6.07, 6.45) is 11.9. The Bertz CT molecular complexity index is 1190. The summed E-state index contributed by atoms with van der Waals surface area (Å²) >= 11 is 0. The fourth-order valence-corrected chi connectivity index (χ4v) is 12.4. The van der Waals surface area contributed by atoms with E-state index in [0.29, 0.717) is 52.9 Å². The highest BCUT2D eigenvalue weighted by atomic mass is 16.3. The van der Waals surface area contributed by atoms with Crippen molar-refractivity contribution in [2.75, 3.05) is 6.54 Å². The van der Waals surface area contributed by atoms with Gasteiger partial charge < -0.3 is 15.5 Å². The van der Waals surface area contributed by atoms with Crippen molar-refractivity contribution in [1.29, 1.82) is 0 Å². The number of hydrogen-bond acceptors (Lipinski definition) is 3. The lowest BCUT2D eigenvalue weighted by molar-refractivity contribution is -0.216. The third-order valence-corrected chi connectivity index (χ3v) is 14.3. The van der Waals surface area contributed by atoms with Crippen LogP contribution >= 0.6 is 0 Å². The number of aromatic hydroxyl groups is 1. The van der Waals surface area contributed by atoms with Gasteiger partial charge in [0.25, 0.3) is 0 Å². The Morgan fingerprint density at radius 2 is 1.68 bits per heavy atom. The summed E-state index contributed by atoms with van der Waals surface area (Å²) in [4.78, 5) is 14.2. The van der Waals surface area contributed by atoms with E-state index in [1.165, 1.54) is 37.7 Å². The standard InChI is InChI=1S/C37H55NO3/c1-23(2)26-12-19-37(33(41)38-21-16-24-8-7-9-25(39)22-24)20-13-28-27(32(26)37)10-11-30-35(28,5)17-14-29-34(3,4)31(40)15-18-36(29,30)6/h7-9,22,26-32,39-40H,1,10-21H2,2-6H3,(H,38,41). The molecule has 1 aromatic rings. The van der Waals surface area contributed by atoms with Crippen molar-refractivity contribution in [2.24, 2.45) is 57.2 Å². The molecule has 0 heterocycles. The topological polar surface area (TPSA) is 69.6 Å². The summed E-state index contributed by atoms with van der Waals surface area (Å²) in [7, 11) is 0. The van der Waals surface area contributed by atoms with E-state index in [9.17, 15) is 15.0 Å². The lowest BCUT2D eigenvalue weighted by Gasteiger charge is -2.69. The molecule has 4 nitrogen and oxygen atoms in total. The third-order valence-electron chi connectivity index (χ3n) is 14.3. The molecule has 5 aliphatic carbocycles. The van der Waals surface area contributed by atoms with E-state index in [1.54, 1.807) is 12.1 Å². The van der Waals surface area contributed by atoms with Crippen LogP contribution in [0.4, 0.5) is 0 Å². The molecule has 6 rings (SSSR count). The Labute approximate surface area is 248 Å². The second-order valence-electron chi connectivity index (χ2n) is 16.3. The predicted octanol–water partition coefficient (Wildman–Crippen LogP) is 7.68. The Kier molecular flexibility index (Phi) is 7.24. The first kappa shape index (κ1) is 29.3. The minimum absolute atomic E-state index is 0.0139. The molecule has 5 saturated carbocycles. The van der Waals surface area contributed by atoms with Gasteiger partial charge in [-0.05, 0) is 147 Å². The highest BCUT2D eigenvalue weighted by Gasteiger charge is 2.68. The van der Waals surface area contributed by atoms with E-state index in [-0.39, 0.29) is 28.6 Å². The van der Waals surface area contributed by atoms with Crippen molar-refractivity contribution in [3.63, 3.8) is 0 Å². The molecule has 10 unspecified atom stereocenters. The normalized spacial score (nSPS) is 44.6. The van der Waals surface area contributed by atoms with Crippen LogP contribution in [0.1, 0.15) is 104 Å². The molecule has 1 amide bonds. The predicted molar refractivity (Wildman–Crippen MR) is 165 cm³/mol. The van der Waals surface area contributed by atoms with Gasteiger partial charge in [0.05, 0.1) is 11.5 Å². The Morgan fingerprint density at radius 3 is 2.41 bits per heavy atom. The summed E-state index contributed by atoms with van der Waals surface area (Å²) in [5.74, 6) is 3.95. The van der Waals surface area contributed by atoms with Crippen LogP contribution in [0.5, 0.6) is 5.75 Å². The van der Waals surface area contributed by atoms with Crippen LogP contribution in [0.2, 0.25) is 0 Å². The van der Waals surface area contributed by atoms with Crippen LogP contribution in [0.25, 0.3) is 0 Å². The number of nitrogens with one attached hydrogen (secondary N) is 1. The van der Waals surface area contributed by atoms with E-state index in [2.05, 4.69) is 46.5 Å². The lowest BCUT2D eigenvalue weighted by Crippen LogP contribution is -2.64. The molecule has 0 spiro atoms. The number of carbonyl (C=O) groups excluding carboxylic acids is 1. The third kappa shape index (κ3) is 4.35. The van der Waals surface area contributed by atoms with Gasteiger partial charge in [-0.25, -0.2) is 0 Å². The Morgan fingerprint density at radius 1 is 0.951 bits per heavy atom. The van der Waals surface area contributed by atoms with E-state index < -0.39 is 0 Å². The van der Waals surface area contributed by atoms with Gasteiger partial charge in [-0.1, -0.05) is 52.0 Å². The van der Waals surface area contributed by atoms with Crippen molar-refractivity contribution in [3.05, 3.63) is 42.0 Å². The maximum absolute atomic E-state index is 14.2. The fraction of sp³-hybridized carbons (Fsp3) is 0.757. The molecule has 0 aromatic heterocycles. The minimum Gasteiger partial charge on any atom is -0.508 e. The molecule has 10 atom stereocenters. The van der Waals surface area contributed by atoms with Crippen molar-refractivity contribution in [3.8, 4) is 5.75 Å². The summed E-state index contributed by atoms with van der Waals surface area (Å²) in [6, 6.07) is 7.39. The van der Waals surface area contributed by atoms with Crippen LogP contribution in [0.3, 0.4) is 0 Å². The van der Waals surface area contributed by atoms with Crippen molar-refractivity contribution >= 4 is 5.91 Å². The number of carbonyl (C=O) groups is 1. The molecule has 4 heteroatoms. The van der Waals surface area contributed by atoms with Crippen LogP contribution in [0.15, 0.2) is 36.4 Å². The molecule has 0 bridgehead atoms. The number of amides is 1. The Balaban J connectivity index is 1.25. The van der Waals surface area contributed by atoms with Crippen LogP contribution < -0.4 is 5.32 Å². The molecule has 41 heavy (non-hydrogen) atoms. The summed E-state index contributed by atoms with van der Waals surface area (Å²) in [5.41, 5.74) is 2.65. The van der Waals surface area contributed by atoms with Crippen LogP contribution in [0, 0.1) is 57.2 Å². The summed E-state index contributed by atoms with van der Waals surface area (Å²) in [5, 5.41) is 24.2. The minimum atomic E-state index is -0.273. The van der Waals surface area contributed by atoms with Gasteiger partial charge in [0.15, 0.2) is 0 Å². The second kappa shape index (κ2) is 10.1. The number of rotatable bonds is 5. The number of allylic oxidation sites excluding steroid dienone is 1. The number of hydrogen-bond donors (Lipinski definition) is 3. The quantitative estimate of drug-likeness (QED) is 0.323. The van der Waals surface area contributed by atoms with Gasteiger partial charge >= 0.3 is 0 Å². The average Bonchev–Trinajstić information content (AvgIpc) is 3.33. The molecule has 0 radical (unpaired) electrons. The van der Waals surface area contributed by atoms with Gasteiger partial charge in [-0.3, -0.25) is 4.79 Å². The molecule has 5 aliphatic rings. The maximum atomic E-state index is 14.2. The molecule has 0 aliphatic heterocycles. The van der Waals surface area contributed by atoms with Crippen LogP contribution in [-0.4, -0.2) is 28.8 Å². The molecule has 3 N–H and O–H groups in total. The Hall–Kier alpha value is -1.81. The van der Waals surface area contributed by atoms with Crippen molar-refractivity contribution in [1.82, 2.24) is 5.32 Å². The van der Waals surface area contributed by atoms with Gasteiger partial charge in [-0.15, -0.1) is 0 Å². The maximum Gasteiger partial charge on any atom is 0.226 e. The molecule has 0 saturated heterocycles. The zero-order chi connectivity index (χ0) is 29.4. The van der Waals surface area contributed by atoms with Crippen molar-refractivity contribution in [2.45, 2.75) is 111 Å². The summed E-state index contributed by atoms with van der Waals surface area (Å²) in [6.45, 7) is 17.2. The van der Waals surface area contributed by atoms with Crippen LogP contribution in [-0.2, 0) is 11.2 Å². The lowest BCUT2D eigenvalue weighted by atomic mass is 9.36. The molecule has 5 fully saturated rings. The first-order valence-electron chi connectivity index (χ1n) is 16.7. The van der Waals surface area contributed by atoms with Crippen molar-refractivity contribution < 1.29 is 15.0 Å². The van der Waals surface area contributed by atoms with E-state index in [1.807, 2.05) is 12.1 Å². The largest absolute Gasteiger partial charge is 0.508 e. The zero-order valence-corrected chi connectivity index (χ0v) is 26.3. The number of fused-ring (bicyclic) bond motifs is 7. The van der Waals surface area contributed by atoms with Gasteiger partial charge in [0.2, 0.25) is 5.91 Å². The van der Waals surface area contributed by atoms with E-state index >= 15 is 0 Å². The van der Waals surface area contributed by atoms with E-state index in [4.69, 9.17) is 0 Å². The first-order valence-corrected chi connectivity index (χ1v) is 16.7. The summed E-state index contributed by atoms with van der Waals surface area (Å²) < 4.78 is 0. The number of aliphatic hydroxyl groups is 1. The van der Waals surface area contributed by atoms with Gasteiger partial charge in [0.1, 0.15) is 5.75 Å². The second-order valence-corrected chi connectivity index (χ2v) is 16.3. The first-order chi connectivity index (χ1) is 19.3. The SMILES string of the molecule is C=C(C)C1CCC2(C(=O)NCCc3cccc(O)c3)CCC3C(CCC4C3(C)CCC3C(C)(C)C(O)CCC34C)C12. The number of phenols is 1. The van der Waals surface area contributed by atoms with E-state index in [0.717, 1.165) is 44.1 Å². The number of benzene rings is 1. The molecular weight excluding hydrogens is 506 g/mol. The zero-order valence-electron chi connectivity index (χ0n) is 26.3. The smallest absolute Gasteiger partial charge is 0.226 e. The average molecular weight is 562 g/mol. The molecule has 1 aromatic carbocycles. The molecule has 226 valence electrons. The highest BCUT2D eigenvalue weighted by molar-refractivity contribution is 5.83. The highest BCUT2D eigenvalue weighted by Crippen LogP contribution is 2.73. The number of aliphatic hydroxyl groups excluding tert-OH is 1. The molecular formula is C37H55NO3. The number of phenolic OH excluding ortho intramolecular Hbond substituents is 1. The fourth-order valence-electron chi connectivity index (χ4n) is 12.4.